The zero-order valence-corrected chi connectivity index (χ0v) is 37.0. The summed E-state index contributed by atoms with van der Waals surface area (Å²) in [5.41, 5.74) is 18.0. The summed E-state index contributed by atoms with van der Waals surface area (Å²) in [5, 5.41) is 11.1. The number of hydrogen-bond donors (Lipinski definition) is 1. The Bertz CT molecular complexity index is 2760. The van der Waals surface area contributed by atoms with Crippen molar-refractivity contribution in [2.24, 2.45) is 0 Å². The van der Waals surface area contributed by atoms with Crippen molar-refractivity contribution in [3.8, 4) is 84.0 Å². The fourth-order valence-electron chi connectivity index (χ4n) is 7.99. The monoisotopic (exact) mass is 796 g/mol. The van der Waals surface area contributed by atoms with Gasteiger partial charge in [0.1, 0.15) is 5.75 Å². The highest BCUT2D eigenvalue weighted by Gasteiger charge is 2.24. The third kappa shape index (κ3) is 8.84. The highest BCUT2D eigenvalue weighted by molar-refractivity contribution is 5.96. The molecule has 0 aliphatic rings. The highest BCUT2D eigenvalue weighted by Crippen LogP contribution is 2.44. The lowest BCUT2D eigenvalue weighted by Gasteiger charge is -2.26. The fraction of sp³-hybridized carbons (Fsp3) is 0.207. The number of aromatic hydroxyl groups is 1. The quantitative estimate of drug-likeness (QED) is 0.175. The van der Waals surface area contributed by atoms with Gasteiger partial charge in [-0.05, 0) is 132 Å². The van der Waals surface area contributed by atoms with Gasteiger partial charge in [0.2, 0.25) is 0 Å². The number of rotatable bonds is 7. The molecular weight excluding hydrogens is 741 g/mol. The van der Waals surface area contributed by atoms with E-state index in [1.165, 1.54) is 44.5 Å². The van der Waals surface area contributed by atoms with Gasteiger partial charge in [-0.2, -0.15) is 0 Å². The number of para-hydroxylation sites is 1. The molecule has 0 fully saturated rings. The van der Waals surface area contributed by atoms with Crippen LogP contribution < -0.4 is 0 Å². The fourth-order valence-corrected chi connectivity index (χ4v) is 7.99. The third-order valence-electron chi connectivity index (χ3n) is 11.7. The van der Waals surface area contributed by atoms with Gasteiger partial charge in [-0.15, -0.1) is 0 Å². The van der Waals surface area contributed by atoms with Crippen LogP contribution in [0.2, 0.25) is 0 Å². The van der Waals surface area contributed by atoms with Gasteiger partial charge in [0, 0.05) is 22.9 Å². The number of nitrogens with zero attached hydrogens (tertiary/aromatic N) is 2. The van der Waals surface area contributed by atoms with Gasteiger partial charge in [-0.1, -0.05) is 172 Å². The van der Waals surface area contributed by atoms with Gasteiger partial charge in [0.25, 0.3) is 0 Å². The molecule has 1 N–H and O–H groups in total. The average Bonchev–Trinajstić information content (AvgIpc) is 3.25. The molecule has 0 bridgehead atoms. The maximum absolute atomic E-state index is 11.1. The molecule has 0 saturated heterocycles. The number of aromatic nitrogens is 2. The maximum Gasteiger partial charge on any atom is 0.124 e. The molecule has 8 rings (SSSR count). The normalized spacial score (nSPS) is 12.1. The minimum absolute atomic E-state index is 0.0411. The average molecular weight is 797 g/mol. The largest absolute Gasteiger partial charge is 0.507 e. The molecule has 0 spiro atoms. The number of hydrogen-bond acceptors (Lipinski definition) is 3. The Kier molecular flexibility index (Phi) is 10.9. The van der Waals surface area contributed by atoms with Crippen LogP contribution in [0.25, 0.3) is 78.3 Å². The zero-order chi connectivity index (χ0) is 43.1. The third-order valence-corrected chi connectivity index (χ3v) is 11.7. The lowest BCUT2D eigenvalue weighted by molar-refractivity contribution is 0.477. The second-order valence-corrected chi connectivity index (χ2v) is 19.4. The van der Waals surface area contributed by atoms with Crippen molar-refractivity contribution in [2.45, 2.75) is 78.6 Å². The Labute approximate surface area is 362 Å². The maximum atomic E-state index is 11.1. The SMILES string of the molecule is CC(C)(C)c1cc(-c2cc(-c3cccc(-c4cc(-c5c(-c6ccccc6)cc(C(C)(C)C)cc5-c5ccccc5)ccn4)c3)nc(-c3ccccc3O)c2)cc(C(C)(C)C)c1. The standard InChI is InChI=1S/C58H56N2O/c1-56(2,3)45-30-43(31-46(35-45)57(4,5)6)44-33-52(60-53(34-44)48-25-16-17-26-54(48)61)41-24-18-23-40(29-41)51-32-42(27-28-59-51)55-49(38-19-12-10-13-20-38)36-47(58(7,8)9)37-50(55)39-21-14-11-15-22-39/h10-37,61H,1-9H3. The second-order valence-electron chi connectivity index (χ2n) is 19.4. The van der Waals surface area contributed by atoms with E-state index >= 15 is 0 Å². The molecule has 0 unspecified atom stereocenters. The van der Waals surface area contributed by atoms with Crippen molar-refractivity contribution in [3.63, 3.8) is 0 Å². The topological polar surface area (TPSA) is 46.0 Å². The summed E-state index contributed by atoms with van der Waals surface area (Å²) >= 11 is 0. The second kappa shape index (κ2) is 16.1. The van der Waals surface area contributed by atoms with E-state index in [1.807, 2.05) is 24.4 Å². The smallest absolute Gasteiger partial charge is 0.124 e. The Morgan fingerprint density at radius 3 is 1.36 bits per heavy atom. The van der Waals surface area contributed by atoms with Gasteiger partial charge < -0.3 is 5.11 Å². The van der Waals surface area contributed by atoms with Crippen molar-refractivity contribution < 1.29 is 5.11 Å². The van der Waals surface area contributed by atoms with Crippen LogP contribution in [0, 0.1) is 0 Å². The zero-order valence-electron chi connectivity index (χ0n) is 37.0. The minimum Gasteiger partial charge on any atom is -0.507 e. The van der Waals surface area contributed by atoms with E-state index < -0.39 is 0 Å². The molecule has 61 heavy (non-hydrogen) atoms. The van der Waals surface area contributed by atoms with E-state index in [2.05, 4.69) is 202 Å². The van der Waals surface area contributed by atoms with Crippen molar-refractivity contribution in [2.75, 3.05) is 0 Å². The molecule has 0 amide bonds. The van der Waals surface area contributed by atoms with Crippen LogP contribution in [-0.4, -0.2) is 15.1 Å². The molecule has 2 heterocycles. The van der Waals surface area contributed by atoms with E-state index in [0.29, 0.717) is 5.56 Å². The molecule has 8 aromatic rings. The molecule has 3 nitrogen and oxygen atoms in total. The first-order valence-electron chi connectivity index (χ1n) is 21.4. The minimum atomic E-state index is -0.0514. The summed E-state index contributed by atoms with van der Waals surface area (Å²) in [5.74, 6) is 0.201. The summed E-state index contributed by atoms with van der Waals surface area (Å²) in [6.07, 6.45) is 1.93. The number of phenolic OH excluding ortho intramolecular Hbond substituents is 1. The van der Waals surface area contributed by atoms with Crippen LogP contribution in [0.1, 0.15) is 79.0 Å². The molecule has 3 heteroatoms. The van der Waals surface area contributed by atoms with Crippen molar-refractivity contribution in [1.29, 1.82) is 0 Å². The van der Waals surface area contributed by atoms with Gasteiger partial charge in [0.05, 0.1) is 17.1 Å². The molecular formula is C58H56N2O. The van der Waals surface area contributed by atoms with Crippen molar-refractivity contribution in [3.05, 3.63) is 187 Å². The number of phenols is 1. The van der Waals surface area contributed by atoms with Gasteiger partial charge in [-0.25, -0.2) is 4.98 Å². The van der Waals surface area contributed by atoms with Crippen LogP contribution in [0.4, 0.5) is 0 Å². The molecule has 0 aliphatic heterocycles. The van der Waals surface area contributed by atoms with Crippen LogP contribution in [-0.2, 0) is 16.2 Å². The van der Waals surface area contributed by atoms with Crippen LogP contribution in [0.3, 0.4) is 0 Å². The lowest BCUT2D eigenvalue weighted by atomic mass is 9.79. The highest BCUT2D eigenvalue weighted by atomic mass is 16.3. The lowest BCUT2D eigenvalue weighted by Crippen LogP contribution is -2.16. The number of benzene rings is 6. The Morgan fingerprint density at radius 2 is 0.803 bits per heavy atom. The van der Waals surface area contributed by atoms with Gasteiger partial charge in [0.15, 0.2) is 0 Å². The van der Waals surface area contributed by atoms with Gasteiger partial charge >= 0.3 is 0 Å². The van der Waals surface area contributed by atoms with Crippen molar-refractivity contribution in [1.82, 2.24) is 9.97 Å². The molecule has 0 aliphatic carbocycles. The predicted octanol–water partition coefficient (Wildman–Crippen LogP) is 15.7. The van der Waals surface area contributed by atoms with Crippen LogP contribution in [0.15, 0.2) is 170 Å². The summed E-state index contributed by atoms with van der Waals surface area (Å²) in [4.78, 5) is 10.2. The van der Waals surface area contributed by atoms with E-state index in [-0.39, 0.29) is 22.0 Å². The van der Waals surface area contributed by atoms with E-state index in [1.54, 1.807) is 6.07 Å². The molecule has 2 aromatic heterocycles. The van der Waals surface area contributed by atoms with E-state index in [4.69, 9.17) is 9.97 Å². The first-order chi connectivity index (χ1) is 29.0. The molecule has 0 atom stereocenters. The van der Waals surface area contributed by atoms with Gasteiger partial charge in [-0.3, -0.25) is 4.98 Å². The van der Waals surface area contributed by atoms with E-state index in [0.717, 1.165) is 44.9 Å². The molecule has 6 aromatic carbocycles. The first kappa shape index (κ1) is 41.2. The molecule has 0 radical (unpaired) electrons. The Morgan fingerprint density at radius 1 is 0.344 bits per heavy atom. The summed E-state index contributed by atoms with van der Waals surface area (Å²) in [6.45, 7) is 20.5. The van der Waals surface area contributed by atoms with Crippen LogP contribution >= 0.6 is 0 Å². The Balaban J connectivity index is 1.30. The molecule has 304 valence electrons. The summed E-state index contributed by atoms with van der Waals surface area (Å²) < 4.78 is 0. The summed E-state index contributed by atoms with van der Waals surface area (Å²) in [7, 11) is 0. The molecule has 0 saturated carbocycles. The van der Waals surface area contributed by atoms with Crippen LogP contribution in [0.5, 0.6) is 5.75 Å². The van der Waals surface area contributed by atoms with Crippen molar-refractivity contribution >= 4 is 0 Å². The number of pyridine rings is 2. The predicted molar refractivity (Wildman–Crippen MR) is 258 cm³/mol. The first-order valence-corrected chi connectivity index (χ1v) is 21.4. The summed E-state index contributed by atoms with van der Waals surface area (Å²) in [6, 6.07) is 57.9. The Hall–Kier alpha value is -6.58. The van der Waals surface area contributed by atoms with E-state index in [9.17, 15) is 5.11 Å².